The van der Waals surface area contributed by atoms with Crippen molar-refractivity contribution in [2.45, 2.75) is 17.7 Å². The molecule has 1 heterocycles. The average molecular weight is 451 g/mol. The number of carbonyl (C=O) groups excluding carboxylic acids is 2. The number of sulfone groups is 1. The summed E-state index contributed by atoms with van der Waals surface area (Å²) in [6.45, 7) is 1.32. The predicted molar refractivity (Wildman–Crippen MR) is 115 cm³/mol. The Kier molecular flexibility index (Phi) is 6.80. The molecule has 2 aromatic carbocycles. The van der Waals surface area contributed by atoms with E-state index in [0.29, 0.717) is 31.5 Å². The van der Waals surface area contributed by atoms with E-state index in [1.807, 2.05) is 4.90 Å². The highest BCUT2D eigenvalue weighted by molar-refractivity contribution is 7.90. The summed E-state index contributed by atoms with van der Waals surface area (Å²) >= 11 is 6.08. The van der Waals surface area contributed by atoms with Gasteiger partial charge in [-0.05, 0) is 68.4 Å². The van der Waals surface area contributed by atoms with E-state index in [2.05, 4.69) is 5.32 Å². The summed E-state index contributed by atoms with van der Waals surface area (Å²) in [4.78, 5) is 27.0. The largest absolute Gasteiger partial charge is 0.508 e. The van der Waals surface area contributed by atoms with Crippen molar-refractivity contribution in [3.05, 3.63) is 53.1 Å². The number of piperidine rings is 1. The highest BCUT2D eigenvalue weighted by Crippen LogP contribution is 2.26. The maximum Gasteiger partial charge on any atom is 0.238 e. The van der Waals surface area contributed by atoms with Gasteiger partial charge in [-0.3, -0.25) is 14.5 Å². The first kappa shape index (κ1) is 22.3. The van der Waals surface area contributed by atoms with Gasteiger partial charge in [-0.2, -0.15) is 0 Å². The fourth-order valence-electron chi connectivity index (χ4n) is 3.44. The highest BCUT2D eigenvalue weighted by atomic mass is 35.5. The lowest BCUT2D eigenvalue weighted by molar-refractivity contribution is -0.117. The SMILES string of the molecule is CS(=O)(=O)c1ccc(Cl)c(NC(=O)CN2CCC(C(=O)c3ccc(O)cc3)CC2)c1. The molecule has 1 aliphatic heterocycles. The average Bonchev–Trinajstić information content (AvgIpc) is 2.69. The minimum absolute atomic E-state index is 0.0449. The van der Waals surface area contributed by atoms with Gasteiger partial charge in [0.2, 0.25) is 5.91 Å². The van der Waals surface area contributed by atoms with E-state index in [9.17, 15) is 23.1 Å². The number of halogens is 1. The van der Waals surface area contributed by atoms with Crippen molar-refractivity contribution >= 4 is 38.8 Å². The molecule has 1 fully saturated rings. The van der Waals surface area contributed by atoms with Gasteiger partial charge in [-0.1, -0.05) is 11.6 Å². The van der Waals surface area contributed by atoms with Crippen molar-refractivity contribution in [2.75, 3.05) is 31.2 Å². The number of phenols is 1. The quantitative estimate of drug-likeness (QED) is 0.656. The van der Waals surface area contributed by atoms with Crippen LogP contribution < -0.4 is 5.32 Å². The number of likely N-dealkylation sites (tertiary alicyclic amines) is 1. The van der Waals surface area contributed by atoms with Crippen LogP contribution in [-0.4, -0.2) is 56.0 Å². The molecule has 1 aliphatic rings. The van der Waals surface area contributed by atoms with Crippen LogP contribution in [0.4, 0.5) is 5.69 Å². The normalized spacial score (nSPS) is 15.7. The third-order valence-corrected chi connectivity index (χ3v) is 6.56. The number of phenolic OH excluding ortho intramolecular Hbond substituents is 1. The van der Waals surface area contributed by atoms with Crippen LogP contribution in [0.5, 0.6) is 5.75 Å². The van der Waals surface area contributed by atoms with E-state index in [1.165, 1.54) is 30.3 Å². The first-order valence-corrected chi connectivity index (χ1v) is 11.8. The Morgan fingerprint density at radius 2 is 1.77 bits per heavy atom. The summed E-state index contributed by atoms with van der Waals surface area (Å²) in [5.41, 5.74) is 0.825. The molecule has 0 saturated carbocycles. The van der Waals surface area contributed by atoms with Crippen LogP contribution in [0.1, 0.15) is 23.2 Å². The number of hydrogen-bond donors (Lipinski definition) is 2. The van der Waals surface area contributed by atoms with Gasteiger partial charge in [0.05, 0.1) is 22.2 Å². The third-order valence-electron chi connectivity index (χ3n) is 5.12. The molecule has 0 aliphatic carbocycles. The number of rotatable bonds is 6. The molecule has 3 rings (SSSR count). The Bertz CT molecular complexity index is 1050. The van der Waals surface area contributed by atoms with Gasteiger partial charge >= 0.3 is 0 Å². The lowest BCUT2D eigenvalue weighted by atomic mass is 9.89. The number of ketones is 1. The van der Waals surface area contributed by atoms with Gasteiger partial charge in [0, 0.05) is 17.7 Å². The summed E-state index contributed by atoms with van der Waals surface area (Å²) in [6.07, 6.45) is 2.36. The van der Waals surface area contributed by atoms with Crippen LogP contribution in [-0.2, 0) is 14.6 Å². The van der Waals surface area contributed by atoms with E-state index in [-0.39, 0.29) is 45.5 Å². The number of Topliss-reactive ketones (excluding diaryl/α,β-unsaturated/α-hetero) is 1. The number of hydrogen-bond acceptors (Lipinski definition) is 6. The molecule has 0 unspecified atom stereocenters. The minimum Gasteiger partial charge on any atom is -0.508 e. The topological polar surface area (TPSA) is 104 Å². The van der Waals surface area contributed by atoms with Gasteiger partial charge in [-0.25, -0.2) is 8.42 Å². The summed E-state index contributed by atoms with van der Waals surface area (Å²) in [6, 6.07) is 10.4. The van der Waals surface area contributed by atoms with E-state index >= 15 is 0 Å². The third kappa shape index (κ3) is 5.59. The van der Waals surface area contributed by atoms with Gasteiger partial charge in [0.1, 0.15) is 5.75 Å². The van der Waals surface area contributed by atoms with Crippen LogP contribution in [0, 0.1) is 5.92 Å². The molecule has 2 aromatic rings. The maximum absolute atomic E-state index is 12.6. The molecular formula is C21H23ClN2O5S. The number of nitrogens with one attached hydrogen (secondary N) is 1. The van der Waals surface area contributed by atoms with Crippen molar-refractivity contribution < 1.29 is 23.1 Å². The minimum atomic E-state index is -3.41. The molecule has 0 aromatic heterocycles. The standard InChI is InChI=1S/C21H23ClN2O5S/c1-30(28,29)17-6-7-18(22)19(12-17)23-20(26)13-24-10-8-15(9-11-24)21(27)14-2-4-16(25)5-3-14/h2-7,12,15,25H,8-11,13H2,1H3,(H,23,26). The zero-order valence-corrected chi connectivity index (χ0v) is 18.0. The molecule has 30 heavy (non-hydrogen) atoms. The molecule has 0 spiro atoms. The zero-order valence-electron chi connectivity index (χ0n) is 16.5. The van der Waals surface area contributed by atoms with Crippen LogP contribution in [0.25, 0.3) is 0 Å². The monoisotopic (exact) mass is 450 g/mol. The van der Waals surface area contributed by atoms with Crippen molar-refractivity contribution in [1.29, 1.82) is 0 Å². The lowest BCUT2D eigenvalue weighted by Crippen LogP contribution is -2.40. The highest BCUT2D eigenvalue weighted by Gasteiger charge is 2.26. The van der Waals surface area contributed by atoms with E-state index in [4.69, 9.17) is 11.6 Å². The smallest absolute Gasteiger partial charge is 0.238 e. The van der Waals surface area contributed by atoms with Crippen LogP contribution in [0.15, 0.2) is 47.4 Å². The number of anilines is 1. The van der Waals surface area contributed by atoms with Crippen LogP contribution >= 0.6 is 11.6 Å². The summed E-state index contributed by atoms with van der Waals surface area (Å²) in [5, 5.41) is 12.3. The number of benzene rings is 2. The second kappa shape index (κ2) is 9.16. The molecule has 1 amide bonds. The molecule has 9 heteroatoms. The van der Waals surface area contributed by atoms with Crippen molar-refractivity contribution in [3.63, 3.8) is 0 Å². The fourth-order valence-corrected chi connectivity index (χ4v) is 4.25. The van der Waals surface area contributed by atoms with Gasteiger partial charge in [0.25, 0.3) is 0 Å². The van der Waals surface area contributed by atoms with Crippen molar-refractivity contribution in [2.24, 2.45) is 5.92 Å². The number of aromatic hydroxyl groups is 1. The molecule has 2 N–H and O–H groups in total. The number of nitrogens with zero attached hydrogens (tertiary/aromatic N) is 1. The molecule has 0 bridgehead atoms. The van der Waals surface area contributed by atoms with Crippen molar-refractivity contribution in [3.8, 4) is 5.75 Å². The van der Waals surface area contributed by atoms with Crippen molar-refractivity contribution in [1.82, 2.24) is 4.90 Å². The van der Waals surface area contributed by atoms with Gasteiger partial charge in [0.15, 0.2) is 15.6 Å². The Balaban J connectivity index is 1.54. The Labute approximate surface area is 180 Å². The Morgan fingerprint density at radius 1 is 1.13 bits per heavy atom. The van der Waals surface area contributed by atoms with Crippen LogP contribution in [0.2, 0.25) is 5.02 Å². The molecule has 0 atom stereocenters. The molecule has 0 radical (unpaired) electrons. The van der Waals surface area contributed by atoms with Crippen LogP contribution in [0.3, 0.4) is 0 Å². The Hall–Kier alpha value is -2.42. The predicted octanol–water partition coefficient (Wildman–Crippen LogP) is 2.98. The second-order valence-corrected chi connectivity index (χ2v) is 9.85. The van der Waals surface area contributed by atoms with Gasteiger partial charge in [-0.15, -0.1) is 0 Å². The summed E-state index contributed by atoms with van der Waals surface area (Å²) in [5.74, 6) is -0.251. The van der Waals surface area contributed by atoms with E-state index in [1.54, 1.807) is 12.1 Å². The number of amides is 1. The van der Waals surface area contributed by atoms with E-state index in [0.717, 1.165) is 6.26 Å². The van der Waals surface area contributed by atoms with Gasteiger partial charge < -0.3 is 10.4 Å². The summed E-state index contributed by atoms with van der Waals surface area (Å²) in [7, 11) is -3.41. The molecule has 7 nitrogen and oxygen atoms in total. The first-order chi connectivity index (χ1) is 14.1. The second-order valence-electron chi connectivity index (χ2n) is 7.42. The molecular weight excluding hydrogens is 428 g/mol. The summed E-state index contributed by atoms with van der Waals surface area (Å²) < 4.78 is 23.4. The lowest BCUT2D eigenvalue weighted by Gasteiger charge is -2.30. The maximum atomic E-state index is 12.6. The zero-order chi connectivity index (χ0) is 21.9. The first-order valence-electron chi connectivity index (χ1n) is 9.48. The molecule has 160 valence electrons. The Morgan fingerprint density at radius 3 is 2.37 bits per heavy atom. The molecule has 1 saturated heterocycles. The fraction of sp³-hybridized carbons (Fsp3) is 0.333. The van der Waals surface area contributed by atoms with E-state index < -0.39 is 9.84 Å². The number of carbonyl (C=O) groups is 2.